The molecule has 2 aliphatic rings. The van der Waals surface area contributed by atoms with Crippen LogP contribution < -0.4 is 11.1 Å². The maximum Gasteiger partial charge on any atom is 0.303 e. The van der Waals surface area contributed by atoms with E-state index >= 15 is 0 Å². The zero-order valence-corrected chi connectivity index (χ0v) is 13.0. The number of aliphatic carboxylic acids is 1. The van der Waals surface area contributed by atoms with Crippen molar-refractivity contribution in [2.24, 2.45) is 35.3 Å². The zero-order chi connectivity index (χ0) is 15.6. The Morgan fingerprint density at radius 3 is 2.48 bits per heavy atom. The highest BCUT2D eigenvalue weighted by Crippen LogP contribution is 2.47. The lowest BCUT2D eigenvalue weighted by Crippen LogP contribution is -2.46. The maximum atomic E-state index is 12.4. The minimum atomic E-state index is -0.800. The highest BCUT2D eigenvalue weighted by atomic mass is 16.4. The number of fused-ring (bicyclic) bond motifs is 2. The Morgan fingerprint density at radius 2 is 1.95 bits per heavy atom. The lowest BCUT2D eigenvalue weighted by atomic mass is 9.84. The maximum absolute atomic E-state index is 12.4. The van der Waals surface area contributed by atoms with E-state index in [-0.39, 0.29) is 30.2 Å². The Bertz CT molecular complexity index is 395. The van der Waals surface area contributed by atoms with Crippen LogP contribution in [0.1, 0.15) is 46.0 Å². The van der Waals surface area contributed by atoms with Crippen LogP contribution in [0.5, 0.6) is 0 Å². The molecule has 2 saturated carbocycles. The fraction of sp³-hybridized carbons (Fsp3) is 0.875. The summed E-state index contributed by atoms with van der Waals surface area (Å²) >= 11 is 0. The van der Waals surface area contributed by atoms with Crippen molar-refractivity contribution in [3.8, 4) is 0 Å². The average molecular weight is 296 g/mol. The van der Waals surface area contributed by atoms with Gasteiger partial charge in [0.25, 0.3) is 0 Å². The van der Waals surface area contributed by atoms with Crippen LogP contribution in [0.3, 0.4) is 0 Å². The van der Waals surface area contributed by atoms with Gasteiger partial charge in [0.15, 0.2) is 0 Å². The van der Waals surface area contributed by atoms with Crippen molar-refractivity contribution in [3.63, 3.8) is 0 Å². The summed E-state index contributed by atoms with van der Waals surface area (Å²) in [6.45, 7) is 4.59. The summed E-state index contributed by atoms with van der Waals surface area (Å²) in [5, 5.41) is 11.9. The smallest absolute Gasteiger partial charge is 0.303 e. The van der Waals surface area contributed by atoms with Crippen LogP contribution in [0, 0.1) is 29.6 Å². The molecule has 0 aromatic carbocycles. The van der Waals surface area contributed by atoms with Crippen molar-refractivity contribution in [1.82, 2.24) is 5.32 Å². The molecule has 5 heteroatoms. The van der Waals surface area contributed by atoms with E-state index in [9.17, 15) is 9.59 Å². The van der Waals surface area contributed by atoms with Gasteiger partial charge in [0.2, 0.25) is 5.91 Å². The van der Waals surface area contributed by atoms with Gasteiger partial charge < -0.3 is 16.2 Å². The molecule has 0 heterocycles. The normalized spacial score (nSPS) is 32.4. The molecule has 2 rings (SSSR count). The van der Waals surface area contributed by atoms with E-state index in [1.54, 1.807) is 0 Å². The van der Waals surface area contributed by atoms with Gasteiger partial charge in [-0.1, -0.05) is 13.8 Å². The molecule has 5 nitrogen and oxygen atoms in total. The molecular formula is C16H28N2O3. The fourth-order valence-corrected chi connectivity index (χ4v) is 4.24. The van der Waals surface area contributed by atoms with E-state index in [2.05, 4.69) is 19.2 Å². The van der Waals surface area contributed by atoms with Crippen molar-refractivity contribution >= 4 is 11.9 Å². The van der Waals surface area contributed by atoms with E-state index < -0.39 is 5.97 Å². The molecule has 0 aromatic rings. The first-order valence-corrected chi connectivity index (χ1v) is 8.13. The van der Waals surface area contributed by atoms with E-state index in [1.807, 2.05) is 0 Å². The number of carboxylic acid groups (broad SMARTS) is 1. The van der Waals surface area contributed by atoms with Crippen molar-refractivity contribution in [2.45, 2.75) is 52.0 Å². The van der Waals surface area contributed by atoms with E-state index in [0.717, 1.165) is 25.7 Å². The predicted molar refractivity (Wildman–Crippen MR) is 80.5 cm³/mol. The second kappa shape index (κ2) is 6.77. The lowest BCUT2D eigenvalue weighted by molar-refractivity contribution is -0.138. The minimum Gasteiger partial charge on any atom is -0.481 e. The molecule has 0 aliphatic heterocycles. The topological polar surface area (TPSA) is 92.4 Å². The lowest BCUT2D eigenvalue weighted by Gasteiger charge is -2.28. The predicted octanol–water partition coefficient (Wildman–Crippen LogP) is 1.61. The Kier molecular flexibility index (Phi) is 5.25. The van der Waals surface area contributed by atoms with Crippen molar-refractivity contribution in [1.29, 1.82) is 0 Å². The third-order valence-electron chi connectivity index (χ3n) is 5.12. The fourth-order valence-electron chi connectivity index (χ4n) is 4.24. The quantitative estimate of drug-likeness (QED) is 0.665. The monoisotopic (exact) mass is 296 g/mol. The second-order valence-corrected chi connectivity index (χ2v) is 7.27. The summed E-state index contributed by atoms with van der Waals surface area (Å²) in [7, 11) is 0. The first-order valence-electron chi connectivity index (χ1n) is 8.13. The van der Waals surface area contributed by atoms with E-state index in [0.29, 0.717) is 24.3 Å². The van der Waals surface area contributed by atoms with Gasteiger partial charge >= 0.3 is 5.97 Å². The van der Waals surface area contributed by atoms with Crippen LogP contribution in [0.15, 0.2) is 0 Å². The van der Waals surface area contributed by atoms with E-state index in [1.165, 1.54) is 0 Å². The molecule has 21 heavy (non-hydrogen) atoms. The number of nitrogens with two attached hydrogens (primary N) is 1. The summed E-state index contributed by atoms with van der Waals surface area (Å²) in [6, 6.07) is -0.00762. The zero-order valence-electron chi connectivity index (χ0n) is 13.0. The molecule has 0 saturated heterocycles. The first-order chi connectivity index (χ1) is 9.88. The number of rotatable bonds is 7. The van der Waals surface area contributed by atoms with Crippen LogP contribution in [0.2, 0.25) is 0 Å². The van der Waals surface area contributed by atoms with Crippen LogP contribution in [-0.2, 0) is 9.59 Å². The number of carboxylic acids is 1. The third-order valence-corrected chi connectivity index (χ3v) is 5.12. The molecule has 0 radical (unpaired) electrons. The number of hydrogen-bond donors (Lipinski definition) is 3. The SMILES string of the molecule is CC(C)C[C@H](CNC(=O)C1C2CCC(C2)C1N)CC(=O)O. The van der Waals surface area contributed by atoms with Gasteiger partial charge in [0.05, 0.1) is 5.92 Å². The van der Waals surface area contributed by atoms with Gasteiger partial charge in [0, 0.05) is 19.0 Å². The van der Waals surface area contributed by atoms with Crippen LogP contribution in [-0.4, -0.2) is 29.6 Å². The molecule has 2 fully saturated rings. The Labute approximate surface area is 126 Å². The average Bonchev–Trinajstić information content (AvgIpc) is 2.94. The molecule has 120 valence electrons. The Balaban J connectivity index is 1.85. The summed E-state index contributed by atoms with van der Waals surface area (Å²) in [4.78, 5) is 23.3. The van der Waals surface area contributed by atoms with Crippen molar-refractivity contribution < 1.29 is 14.7 Å². The molecule has 0 aromatic heterocycles. The standard InChI is InChI=1S/C16H28N2O3/c1-9(2)5-10(6-13(19)20)8-18-16(21)14-11-3-4-12(7-11)15(14)17/h9-12,14-15H,3-8,17H2,1-2H3,(H,18,21)(H,19,20)/t10-,11?,12?,14?,15?/m0/s1. The highest BCUT2D eigenvalue weighted by molar-refractivity contribution is 5.80. The van der Waals surface area contributed by atoms with Gasteiger partial charge in [-0.2, -0.15) is 0 Å². The first kappa shape index (κ1) is 16.3. The summed E-state index contributed by atoms with van der Waals surface area (Å²) in [5.41, 5.74) is 6.18. The summed E-state index contributed by atoms with van der Waals surface area (Å²) in [5.74, 6) is 0.551. The second-order valence-electron chi connectivity index (χ2n) is 7.27. The molecule has 4 unspecified atom stereocenters. The molecule has 0 spiro atoms. The number of amides is 1. The number of nitrogens with one attached hydrogen (secondary N) is 1. The van der Waals surface area contributed by atoms with Gasteiger partial charge in [-0.05, 0) is 49.4 Å². The molecule has 1 amide bonds. The molecule has 4 N–H and O–H groups in total. The number of carbonyl (C=O) groups is 2. The molecule has 2 aliphatic carbocycles. The van der Waals surface area contributed by atoms with Crippen LogP contribution in [0.25, 0.3) is 0 Å². The number of carbonyl (C=O) groups excluding carboxylic acids is 1. The van der Waals surface area contributed by atoms with Gasteiger partial charge in [-0.15, -0.1) is 0 Å². The summed E-state index contributed by atoms with van der Waals surface area (Å²) < 4.78 is 0. The van der Waals surface area contributed by atoms with Gasteiger partial charge in [-0.3, -0.25) is 9.59 Å². The highest BCUT2D eigenvalue weighted by Gasteiger charge is 2.48. The van der Waals surface area contributed by atoms with Gasteiger partial charge in [-0.25, -0.2) is 0 Å². The number of hydrogen-bond acceptors (Lipinski definition) is 3. The minimum absolute atomic E-state index is 0.00117. The Morgan fingerprint density at radius 1 is 1.29 bits per heavy atom. The largest absolute Gasteiger partial charge is 0.481 e. The molecule has 5 atom stereocenters. The van der Waals surface area contributed by atoms with Crippen LogP contribution >= 0.6 is 0 Å². The van der Waals surface area contributed by atoms with Gasteiger partial charge in [0.1, 0.15) is 0 Å². The molecule has 2 bridgehead atoms. The summed E-state index contributed by atoms with van der Waals surface area (Å²) in [6.07, 6.45) is 4.28. The van der Waals surface area contributed by atoms with Crippen molar-refractivity contribution in [2.75, 3.05) is 6.54 Å². The van der Waals surface area contributed by atoms with Crippen LogP contribution in [0.4, 0.5) is 0 Å². The van der Waals surface area contributed by atoms with Crippen molar-refractivity contribution in [3.05, 3.63) is 0 Å². The third kappa shape index (κ3) is 3.96. The van der Waals surface area contributed by atoms with E-state index in [4.69, 9.17) is 10.8 Å². The molecular weight excluding hydrogens is 268 g/mol. The Hall–Kier alpha value is -1.10.